The molecular weight excluding hydrogens is 585 g/mol. The largest absolute Gasteiger partial charge is 0.473 e. The van der Waals surface area contributed by atoms with Crippen LogP contribution in [0.25, 0.3) is 33.3 Å². The number of hydrogen-bond donors (Lipinski definition) is 0. The molecular formula is C34H27ClFN3O5. The highest BCUT2D eigenvalue weighted by Crippen LogP contribution is 2.30. The van der Waals surface area contributed by atoms with Crippen LogP contribution in [0.2, 0.25) is 5.02 Å². The topological polar surface area (TPSA) is 88.6 Å². The van der Waals surface area contributed by atoms with E-state index in [0.717, 1.165) is 28.4 Å². The van der Waals surface area contributed by atoms with Crippen LogP contribution in [0.4, 0.5) is 4.39 Å². The number of imidazole rings is 1. The molecule has 1 atom stereocenters. The maximum Gasteiger partial charge on any atom is 0.337 e. The average molecular weight is 612 g/mol. The van der Waals surface area contributed by atoms with E-state index in [2.05, 4.69) is 4.98 Å². The maximum absolute atomic E-state index is 15.6. The highest BCUT2D eigenvalue weighted by atomic mass is 35.5. The normalized spacial score (nSPS) is 14.6. The maximum atomic E-state index is 15.6. The molecule has 6 aromatic rings. The number of hydrogen-bond acceptors (Lipinski definition) is 7. The second-order valence-corrected chi connectivity index (χ2v) is 11.0. The van der Waals surface area contributed by atoms with E-state index in [1.807, 2.05) is 41.0 Å². The summed E-state index contributed by atoms with van der Waals surface area (Å²) in [5.41, 5.74) is 5.13. The SMILES string of the molecule is COC(=O)c1ccc2nc(Cc3ccc(-c4cccc(OCc5ccc(Cl)c6ccoc56)n4)cc3F)n(C[C@@H]3CCO3)c2c1. The fourth-order valence-corrected chi connectivity index (χ4v) is 5.63. The smallest absolute Gasteiger partial charge is 0.337 e. The molecule has 1 fully saturated rings. The molecule has 44 heavy (non-hydrogen) atoms. The van der Waals surface area contributed by atoms with E-state index in [1.54, 1.807) is 36.6 Å². The Morgan fingerprint density at radius 2 is 1.93 bits per heavy atom. The summed E-state index contributed by atoms with van der Waals surface area (Å²) in [5, 5.41) is 1.43. The number of aromatic nitrogens is 3. The molecule has 4 heterocycles. The van der Waals surface area contributed by atoms with E-state index in [4.69, 9.17) is 35.2 Å². The average Bonchev–Trinajstić information content (AvgIpc) is 3.65. The molecule has 0 bridgehead atoms. The number of fused-ring (bicyclic) bond motifs is 2. The van der Waals surface area contributed by atoms with E-state index in [0.29, 0.717) is 57.8 Å². The van der Waals surface area contributed by atoms with Crippen molar-refractivity contribution in [3.63, 3.8) is 0 Å². The third-order valence-corrected chi connectivity index (χ3v) is 8.20. The van der Waals surface area contributed by atoms with Crippen molar-refractivity contribution in [2.45, 2.75) is 32.1 Å². The van der Waals surface area contributed by atoms with Gasteiger partial charge in [-0.05, 0) is 54.4 Å². The van der Waals surface area contributed by atoms with Gasteiger partial charge < -0.3 is 23.2 Å². The molecule has 10 heteroatoms. The number of rotatable bonds is 9. The number of ether oxygens (including phenoxy) is 3. The van der Waals surface area contributed by atoms with Crippen LogP contribution in [0.5, 0.6) is 5.88 Å². The molecule has 0 spiro atoms. The highest BCUT2D eigenvalue weighted by Gasteiger charge is 2.23. The second-order valence-electron chi connectivity index (χ2n) is 10.6. The van der Waals surface area contributed by atoms with Crippen molar-refractivity contribution in [2.24, 2.45) is 0 Å². The lowest BCUT2D eigenvalue weighted by Crippen LogP contribution is -2.31. The van der Waals surface area contributed by atoms with Gasteiger partial charge in [-0.25, -0.2) is 19.2 Å². The lowest BCUT2D eigenvalue weighted by Gasteiger charge is -2.27. The fraction of sp³-hybridized carbons (Fsp3) is 0.206. The minimum Gasteiger partial charge on any atom is -0.473 e. The Labute approximate surface area is 257 Å². The number of halogens is 2. The van der Waals surface area contributed by atoms with E-state index < -0.39 is 5.97 Å². The number of carbonyl (C=O) groups excluding carboxylic acids is 1. The van der Waals surface area contributed by atoms with Crippen molar-refractivity contribution in [2.75, 3.05) is 13.7 Å². The Balaban J connectivity index is 1.12. The zero-order valence-electron chi connectivity index (χ0n) is 23.8. The van der Waals surface area contributed by atoms with E-state index in [-0.39, 0.29) is 24.9 Å². The van der Waals surface area contributed by atoms with Crippen LogP contribution in [0.15, 0.2) is 83.5 Å². The summed E-state index contributed by atoms with van der Waals surface area (Å²) in [7, 11) is 1.35. The van der Waals surface area contributed by atoms with Crippen molar-refractivity contribution in [1.82, 2.24) is 14.5 Å². The molecule has 3 aromatic heterocycles. The van der Waals surface area contributed by atoms with Gasteiger partial charge in [0.15, 0.2) is 0 Å². The highest BCUT2D eigenvalue weighted by molar-refractivity contribution is 6.35. The van der Waals surface area contributed by atoms with Crippen LogP contribution in [0.3, 0.4) is 0 Å². The van der Waals surface area contributed by atoms with Crippen LogP contribution < -0.4 is 4.74 Å². The van der Waals surface area contributed by atoms with Gasteiger partial charge in [0, 0.05) is 35.6 Å². The number of benzene rings is 3. The van der Waals surface area contributed by atoms with Crippen molar-refractivity contribution in [3.05, 3.63) is 112 Å². The van der Waals surface area contributed by atoms with Gasteiger partial charge in [-0.15, -0.1) is 0 Å². The second kappa shape index (κ2) is 11.7. The Kier molecular flexibility index (Phi) is 7.49. The minimum atomic E-state index is -0.425. The lowest BCUT2D eigenvalue weighted by molar-refractivity contribution is -0.0589. The Hall–Kier alpha value is -4.73. The quantitative estimate of drug-likeness (QED) is 0.158. The number of nitrogens with zero attached hydrogens (tertiary/aromatic N) is 3. The summed E-state index contributed by atoms with van der Waals surface area (Å²) in [6.07, 6.45) is 2.84. The Bertz CT molecular complexity index is 2020. The number of furan rings is 1. The van der Waals surface area contributed by atoms with Gasteiger partial charge in [0.05, 0.1) is 53.3 Å². The number of methoxy groups -OCH3 is 1. The van der Waals surface area contributed by atoms with Gasteiger partial charge in [-0.2, -0.15) is 0 Å². The van der Waals surface area contributed by atoms with Crippen LogP contribution >= 0.6 is 11.6 Å². The van der Waals surface area contributed by atoms with Gasteiger partial charge in [0.1, 0.15) is 23.8 Å². The standard InChI is InChI=1S/C34H27ClFN3O5/c1-41-34(40)22-8-10-29-30(16-22)39(18-24-11-13-42-24)31(37-29)17-20-5-6-21(15-27(20)36)28-3-2-4-32(38-28)44-19-23-7-9-26(35)25-12-14-43-33(23)25/h2-10,12,14-16,24H,11,13,17-19H2,1H3/t24-/m0/s1. The summed E-state index contributed by atoms with van der Waals surface area (Å²) in [6.45, 7) is 1.51. The Morgan fingerprint density at radius 3 is 2.73 bits per heavy atom. The summed E-state index contributed by atoms with van der Waals surface area (Å²) < 4.78 is 39.7. The zero-order chi connectivity index (χ0) is 30.2. The molecule has 0 N–H and O–H groups in total. The van der Waals surface area contributed by atoms with Crippen LogP contribution in [-0.2, 0) is 29.0 Å². The van der Waals surface area contributed by atoms with Crippen molar-refractivity contribution in [1.29, 1.82) is 0 Å². The summed E-state index contributed by atoms with van der Waals surface area (Å²) in [4.78, 5) is 21.6. The predicted octanol–water partition coefficient (Wildman–Crippen LogP) is 7.38. The Morgan fingerprint density at radius 1 is 1.07 bits per heavy atom. The van der Waals surface area contributed by atoms with E-state index >= 15 is 4.39 Å². The zero-order valence-corrected chi connectivity index (χ0v) is 24.5. The first-order valence-corrected chi connectivity index (χ1v) is 14.6. The van der Waals surface area contributed by atoms with Gasteiger partial charge in [-0.3, -0.25) is 0 Å². The molecule has 0 unspecified atom stereocenters. The van der Waals surface area contributed by atoms with Gasteiger partial charge in [0.2, 0.25) is 5.88 Å². The molecule has 0 radical (unpaired) electrons. The van der Waals surface area contributed by atoms with Crippen molar-refractivity contribution in [3.8, 4) is 17.1 Å². The molecule has 8 nitrogen and oxygen atoms in total. The molecule has 3 aromatic carbocycles. The molecule has 1 aliphatic heterocycles. The number of esters is 1. The molecule has 222 valence electrons. The molecule has 0 amide bonds. The lowest BCUT2D eigenvalue weighted by atomic mass is 10.1. The van der Waals surface area contributed by atoms with Crippen LogP contribution in [0, 0.1) is 5.82 Å². The number of carbonyl (C=O) groups is 1. The van der Waals surface area contributed by atoms with Crippen LogP contribution in [0.1, 0.15) is 33.7 Å². The predicted molar refractivity (Wildman–Crippen MR) is 163 cm³/mol. The molecule has 1 aliphatic rings. The van der Waals surface area contributed by atoms with Gasteiger partial charge in [0.25, 0.3) is 0 Å². The molecule has 0 aliphatic carbocycles. The molecule has 1 saturated heterocycles. The van der Waals surface area contributed by atoms with Crippen molar-refractivity contribution >= 4 is 39.6 Å². The first-order valence-electron chi connectivity index (χ1n) is 14.2. The first kappa shape index (κ1) is 28.1. The van der Waals surface area contributed by atoms with E-state index in [9.17, 15) is 4.79 Å². The van der Waals surface area contributed by atoms with Gasteiger partial charge in [-0.1, -0.05) is 35.9 Å². The third-order valence-electron chi connectivity index (χ3n) is 7.87. The summed E-state index contributed by atoms with van der Waals surface area (Å²) in [6, 6.07) is 21.2. The van der Waals surface area contributed by atoms with E-state index in [1.165, 1.54) is 13.2 Å². The van der Waals surface area contributed by atoms with Crippen molar-refractivity contribution < 1.29 is 27.8 Å². The monoisotopic (exact) mass is 611 g/mol. The van der Waals surface area contributed by atoms with Crippen LogP contribution in [-0.4, -0.2) is 40.3 Å². The number of pyridine rings is 1. The van der Waals surface area contributed by atoms with Gasteiger partial charge >= 0.3 is 5.97 Å². The summed E-state index contributed by atoms with van der Waals surface area (Å²) >= 11 is 6.25. The minimum absolute atomic E-state index is 0.0468. The summed E-state index contributed by atoms with van der Waals surface area (Å²) in [5.74, 6) is 0.293. The first-order chi connectivity index (χ1) is 21.5. The fourth-order valence-electron chi connectivity index (χ4n) is 5.42. The third kappa shape index (κ3) is 5.40. The molecule has 7 rings (SSSR count). The molecule has 0 saturated carbocycles.